The highest BCUT2D eigenvalue weighted by Gasteiger charge is 2.38. The Morgan fingerprint density at radius 3 is 2.77 bits per heavy atom. The summed E-state index contributed by atoms with van der Waals surface area (Å²) in [6, 6.07) is 15.2. The summed E-state index contributed by atoms with van der Waals surface area (Å²) in [5.41, 5.74) is 11.2. The first kappa shape index (κ1) is 22.5. The molecule has 31 heavy (non-hydrogen) atoms. The molecular weight excluding hydrogens is 413 g/mol. The van der Waals surface area contributed by atoms with Crippen LogP contribution >= 0.6 is 7.82 Å². The molecule has 4 N–H and O–H groups in total. The number of hydrogen-bond acceptors (Lipinski definition) is 4. The van der Waals surface area contributed by atoms with Gasteiger partial charge in [0.15, 0.2) is 0 Å². The number of rotatable bonds is 7. The van der Waals surface area contributed by atoms with Crippen molar-refractivity contribution in [2.45, 2.75) is 56.4 Å². The molecule has 7 heteroatoms. The number of benzene rings is 2. The minimum absolute atomic E-state index is 0.106. The van der Waals surface area contributed by atoms with E-state index in [1.54, 1.807) is 7.11 Å². The van der Waals surface area contributed by atoms with Crippen molar-refractivity contribution in [1.29, 1.82) is 0 Å². The first-order valence-electron chi connectivity index (χ1n) is 11.0. The molecule has 0 aromatic heterocycles. The van der Waals surface area contributed by atoms with Gasteiger partial charge in [0, 0.05) is 5.54 Å². The lowest BCUT2D eigenvalue weighted by molar-refractivity contribution is 0.153. The Morgan fingerprint density at radius 1 is 1.16 bits per heavy atom. The fraction of sp³-hybridized carbons (Fsp3) is 0.500. The second-order valence-corrected chi connectivity index (χ2v) is 10.5. The van der Waals surface area contributed by atoms with Gasteiger partial charge in [-0.3, -0.25) is 4.52 Å². The molecule has 0 radical (unpaired) electrons. The van der Waals surface area contributed by atoms with Crippen molar-refractivity contribution in [3.05, 3.63) is 64.7 Å². The average molecular weight is 445 g/mol. The van der Waals surface area contributed by atoms with Gasteiger partial charge in [0.2, 0.25) is 0 Å². The van der Waals surface area contributed by atoms with Crippen LogP contribution in [0.5, 0.6) is 5.75 Å². The van der Waals surface area contributed by atoms with E-state index in [4.69, 9.17) is 24.8 Å². The lowest BCUT2D eigenvalue weighted by Gasteiger charge is -2.27. The fourth-order valence-corrected chi connectivity index (χ4v) is 5.62. The summed E-state index contributed by atoms with van der Waals surface area (Å²) >= 11 is 0. The number of phosphoric acid groups is 1. The van der Waals surface area contributed by atoms with Crippen LogP contribution in [0.15, 0.2) is 42.5 Å². The highest BCUT2D eigenvalue weighted by Crippen LogP contribution is 2.44. The molecule has 2 aliphatic rings. The van der Waals surface area contributed by atoms with Gasteiger partial charge in [-0.05, 0) is 91.2 Å². The van der Waals surface area contributed by atoms with E-state index in [-0.39, 0.29) is 6.61 Å². The zero-order valence-corrected chi connectivity index (χ0v) is 18.9. The number of phosphoric ester groups is 1. The lowest BCUT2D eigenvalue weighted by atomic mass is 9.79. The smallest absolute Gasteiger partial charge is 0.469 e. The topological polar surface area (TPSA) is 102 Å². The molecule has 168 valence electrons. The minimum atomic E-state index is -4.49. The van der Waals surface area contributed by atoms with Crippen LogP contribution < -0.4 is 10.5 Å². The number of aryl methyl sites for hydroxylation is 1. The Kier molecular flexibility index (Phi) is 6.57. The zero-order valence-electron chi connectivity index (χ0n) is 18.0. The normalized spacial score (nSPS) is 25.9. The van der Waals surface area contributed by atoms with E-state index < -0.39 is 13.4 Å². The zero-order chi connectivity index (χ0) is 22.1. The standard InChI is InChI=1S/C24H32NO5P/c1-29-23-4-2-3-17(13-23)11-18-5-6-20-14-21(8-7-19(20)12-18)22-9-10-24(25,15-22)16-30-31(26,27)28/h2-4,7-8,13-14,18,22H,5-6,9-12,15-16,25H2,1H3,(H2,26,27,28)/t18-,22+,24-/m1/s1. The molecule has 2 aromatic carbocycles. The molecule has 3 atom stereocenters. The van der Waals surface area contributed by atoms with Crippen molar-refractivity contribution >= 4 is 7.82 Å². The SMILES string of the molecule is COc1cccc(C[C@H]2CCc3cc([C@H]4CC[C@](N)(COP(=O)(O)O)C4)ccc3C2)c1. The Morgan fingerprint density at radius 2 is 2.00 bits per heavy atom. The molecule has 0 bridgehead atoms. The number of methoxy groups -OCH3 is 1. The van der Waals surface area contributed by atoms with Gasteiger partial charge in [-0.25, -0.2) is 4.57 Å². The number of ether oxygens (including phenoxy) is 1. The molecule has 0 saturated heterocycles. The van der Waals surface area contributed by atoms with Crippen LogP contribution in [0.25, 0.3) is 0 Å². The highest BCUT2D eigenvalue weighted by molar-refractivity contribution is 7.46. The van der Waals surface area contributed by atoms with E-state index in [2.05, 4.69) is 36.4 Å². The van der Waals surface area contributed by atoms with Gasteiger partial charge < -0.3 is 20.3 Å². The molecule has 1 fully saturated rings. The van der Waals surface area contributed by atoms with Crippen molar-refractivity contribution in [2.75, 3.05) is 13.7 Å². The third kappa shape index (κ3) is 5.76. The first-order valence-corrected chi connectivity index (χ1v) is 12.5. The summed E-state index contributed by atoms with van der Waals surface area (Å²) < 4.78 is 21.1. The van der Waals surface area contributed by atoms with Crippen LogP contribution in [0, 0.1) is 5.92 Å². The predicted molar refractivity (Wildman–Crippen MR) is 120 cm³/mol. The summed E-state index contributed by atoms with van der Waals surface area (Å²) in [6.45, 7) is -0.106. The Bertz CT molecular complexity index is 974. The molecule has 0 spiro atoms. The first-order chi connectivity index (χ1) is 14.7. The number of hydrogen-bond donors (Lipinski definition) is 3. The average Bonchev–Trinajstić information content (AvgIpc) is 3.14. The van der Waals surface area contributed by atoms with Crippen LogP contribution in [0.2, 0.25) is 0 Å². The summed E-state index contributed by atoms with van der Waals surface area (Å²) in [5, 5.41) is 0. The van der Waals surface area contributed by atoms with Gasteiger partial charge in [0.25, 0.3) is 0 Å². The van der Waals surface area contributed by atoms with E-state index in [0.717, 1.165) is 31.4 Å². The minimum Gasteiger partial charge on any atom is -0.497 e. The maximum absolute atomic E-state index is 11.0. The van der Waals surface area contributed by atoms with Crippen LogP contribution in [-0.2, 0) is 28.4 Å². The third-order valence-electron chi connectivity index (χ3n) is 6.85. The molecule has 6 nitrogen and oxygen atoms in total. The second kappa shape index (κ2) is 9.05. The Labute approximate surface area is 184 Å². The summed E-state index contributed by atoms with van der Waals surface area (Å²) in [6.07, 6.45) is 6.72. The lowest BCUT2D eigenvalue weighted by Crippen LogP contribution is -2.41. The van der Waals surface area contributed by atoms with E-state index >= 15 is 0 Å². The third-order valence-corrected chi connectivity index (χ3v) is 7.32. The van der Waals surface area contributed by atoms with Gasteiger partial charge in [-0.1, -0.05) is 30.3 Å². The largest absolute Gasteiger partial charge is 0.497 e. The van der Waals surface area contributed by atoms with Gasteiger partial charge in [0.05, 0.1) is 13.7 Å². The number of nitrogens with two attached hydrogens (primary N) is 1. The molecule has 0 aliphatic heterocycles. The van der Waals surface area contributed by atoms with Crippen molar-refractivity contribution in [2.24, 2.45) is 11.7 Å². The predicted octanol–water partition coefficient (Wildman–Crippen LogP) is 4.12. The van der Waals surface area contributed by atoms with E-state index in [1.807, 2.05) is 6.07 Å². The van der Waals surface area contributed by atoms with Gasteiger partial charge in [-0.15, -0.1) is 0 Å². The van der Waals surface area contributed by atoms with E-state index in [1.165, 1.54) is 28.7 Å². The van der Waals surface area contributed by atoms with Crippen LogP contribution in [-0.4, -0.2) is 29.0 Å². The Balaban J connectivity index is 1.38. The van der Waals surface area contributed by atoms with E-state index in [9.17, 15) is 4.57 Å². The number of fused-ring (bicyclic) bond motifs is 1. The van der Waals surface area contributed by atoms with Gasteiger partial charge in [-0.2, -0.15) is 0 Å². The van der Waals surface area contributed by atoms with Crippen molar-refractivity contribution in [3.8, 4) is 5.75 Å². The molecular formula is C24H32NO5P. The highest BCUT2D eigenvalue weighted by atomic mass is 31.2. The maximum Gasteiger partial charge on any atom is 0.469 e. The van der Waals surface area contributed by atoms with Crippen LogP contribution in [0.1, 0.15) is 53.9 Å². The summed E-state index contributed by atoms with van der Waals surface area (Å²) in [4.78, 5) is 18.0. The van der Waals surface area contributed by atoms with Crippen molar-refractivity contribution in [3.63, 3.8) is 0 Å². The van der Waals surface area contributed by atoms with Crippen molar-refractivity contribution in [1.82, 2.24) is 0 Å². The maximum atomic E-state index is 11.0. The molecule has 4 rings (SSSR count). The molecule has 2 aromatic rings. The van der Waals surface area contributed by atoms with Crippen LogP contribution in [0.3, 0.4) is 0 Å². The fourth-order valence-electron chi connectivity index (χ4n) is 5.20. The second-order valence-electron chi connectivity index (χ2n) is 9.26. The van der Waals surface area contributed by atoms with E-state index in [0.29, 0.717) is 24.7 Å². The molecule has 2 aliphatic carbocycles. The van der Waals surface area contributed by atoms with Gasteiger partial charge >= 0.3 is 7.82 Å². The monoisotopic (exact) mass is 445 g/mol. The summed E-state index contributed by atoms with van der Waals surface area (Å²) in [5.74, 6) is 1.86. The molecule has 0 amide bonds. The van der Waals surface area contributed by atoms with Crippen LogP contribution in [0.4, 0.5) is 0 Å². The van der Waals surface area contributed by atoms with Crippen molar-refractivity contribution < 1.29 is 23.6 Å². The quantitative estimate of drug-likeness (QED) is 0.554. The summed E-state index contributed by atoms with van der Waals surface area (Å²) in [7, 11) is -2.79. The molecule has 0 unspecified atom stereocenters. The molecule has 1 saturated carbocycles. The van der Waals surface area contributed by atoms with Gasteiger partial charge in [0.1, 0.15) is 5.75 Å². The molecule has 0 heterocycles. The Hall–Kier alpha value is -1.69.